The van der Waals surface area contributed by atoms with E-state index in [-0.39, 0.29) is 11.9 Å². The number of furan rings is 1. The van der Waals surface area contributed by atoms with Crippen LogP contribution in [-0.4, -0.2) is 17.8 Å². The zero-order valence-corrected chi connectivity index (χ0v) is 10.6. The fraction of sp³-hybridized carbons (Fsp3) is 0.467. The molecule has 1 N–H and O–H groups in total. The van der Waals surface area contributed by atoms with Gasteiger partial charge in [0.2, 0.25) is 0 Å². The summed E-state index contributed by atoms with van der Waals surface area (Å²) in [4.78, 5) is 0. The van der Waals surface area contributed by atoms with Crippen LogP contribution in [0.3, 0.4) is 0 Å². The molecule has 4 heteroatoms. The molecule has 19 heavy (non-hydrogen) atoms. The zero-order chi connectivity index (χ0) is 13.2. The van der Waals surface area contributed by atoms with Crippen molar-refractivity contribution in [3.8, 4) is 0 Å². The predicted molar refractivity (Wildman–Crippen MR) is 69.3 cm³/mol. The van der Waals surface area contributed by atoms with Gasteiger partial charge in [0.05, 0.1) is 6.10 Å². The normalized spacial score (nSPS) is 21.1. The molecule has 3 nitrogen and oxygen atoms in total. The average molecular weight is 264 g/mol. The second-order valence-electron chi connectivity index (χ2n) is 5.06. The van der Waals surface area contributed by atoms with Gasteiger partial charge in [-0.15, -0.1) is 0 Å². The van der Waals surface area contributed by atoms with Gasteiger partial charge in [-0.05, 0) is 49.9 Å². The predicted octanol–water partition coefficient (Wildman–Crippen LogP) is 3.56. The van der Waals surface area contributed by atoms with E-state index in [1.165, 1.54) is 12.1 Å². The summed E-state index contributed by atoms with van der Waals surface area (Å²) in [6.07, 6.45) is 3.21. The third-order valence-electron chi connectivity index (χ3n) is 3.61. The van der Waals surface area contributed by atoms with Crippen LogP contribution in [0.2, 0.25) is 0 Å². The topological polar surface area (TPSA) is 42.6 Å². The van der Waals surface area contributed by atoms with Crippen LogP contribution in [-0.2, 0) is 4.74 Å². The van der Waals surface area contributed by atoms with Crippen molar-refractivity contribution in [2.45, 2.75) is 37.9 Å². The minimum atomic E-state index is -0.653. The van der Waals surface area contributed by atoms with Gasteiger partial charge in [0.25, 0.3) is 0 Å². The minimum absolute atomic E-state index is 0.261. The number of aliphatic hydroxyl groups excluding tert-OH is 1. The first kappa shape index (κ1) is 12.6. The van der Waals surface area contributed by atoms with Gasteiger partial charge in [-0.25, -0.2) is 4.39 Å². The molecule has 1 aromatic carbocycles. The molecular formula is C15H17FO3. The average Bonchev–Trinajstić information content (AvgIpc) is 3.04. The highest BCUT2D eigenvalue weighted by molar-refractivity contribution is 5.77. The lowest BCUT2D eigenvalue weighted by atomic mass is 10.1. The largest absolute Gasteiger partial charge is 0.458 e. The Bertz CT molecular complexity index is 558. The summed E-state index contributed by atoms with van der Waals surface area (Å²) in [5.74, 6) is 0.201. The molecule has 1 saturated heterocycles. The van der Waals surface area contributed by atoms with Crippen molar-refractivity contribution in [1.82, 2.24) is 0 Å². The number of benzene rings is 1. The third kappa shape index (κ3) is 2.80. The number of halogens is 1. The molecule has 0 saturated carbocycles. The van der Waals surface area contributed by atoms with Gasteiger partial charge in [-0.2, -0.15) is 0 Å². The van der Waals surface area contributed by atoms with Crippen molar-refractivity contribution in [2.24, 2.45) is 0 Å². The molecule has 1 aliphatic rings. The van der Waals surface area contributed by atoms with Gasteiger partial charge in [-0.1, -0.05) is 0 Å². The summed E-state index contributed by atoms with van der Waals surface area (Å²) in [5.41, 5.74) is 0.604. The Labute approximate surface area is 111 Å². The Balaban J connectivity index is 1.68. The summed E-state index contributed by atoms with van der Waals surface area (Å²) >= 11 is 0. The van der Waals surface area contributed by atoms with Crippen LogP contribution >= 0.6 is 0 Å². The van der Waals surface area contributed by atoms with Crippen LogP contribution in [0.1, 0.15) is 37.5 Å². The SMILES string of the molecule is OC(CCC1CCCO1)c1cc2cc(F)ccc2o1. The van der Waals surface area contributed by atoms with Gasteiger partial charge in [0.15, 0.2) is 0 Å². The van der Waals surface area contributed by atoms with E-state index in [4.69, 9.17) is 9.15 Å². The summed E-state index contributed by atoms with van der Waals surface area (Å²) < 4.78 is 24.1. The molecule has 0 amide bonds. The fourth-order valence-electron chi connectivity index (χ4n) is 2.56. The minimum Gasteiger partial charge on any atom is -0.458 e. The number of fused-ring (bicyclic) bond motifs is 1. The molecule has 3 rings (SSSR count). The van der Waals surface area contributed by atoms with Crippen molar-refractivity contribution in [2.75, 3.05) is 6.61 Å². The lowest BCUT2D eigenvalue weighted by Gasteiger charge is -2.11. The maximum Gasteiger partial charge on any atom is 0.134 e. The molecule has 0 radical (unpaired) electrons. The molecule has 0 bridgehead atoms. The van der Waals surface area contributed by atoms with Gasteiger partial charge in [0, 0.05) is 12.0 Å². The molecule has 2 heterocycles. The van der Waals surface area contributed by atoms with Crippen molar-refractivity contribution >= 4 is 11.0 Å². The van der Waals surface area contributed by atoms with Crippen LogP contribution < -0.4 is 0 Å². The Kier molecular flexibility index (Phi) is 3.53. The molecular weight excluding hydrogens is 247 g/mol. The van der Waals surface area contributed by atoms with E-state index in [2.05, 4.69) is 0 Å². The highest BCUT2D eigenvalue weighted by Crippen LogP contribution is 2.28. The molecule has 2 aromatic rings. The monoisotopic (exact) mass is 264 g/mol. The van der Waals surface area contributed by atoms with Crippen molar-refractivity contribution in [3.63, 3.8) is 0 Å². The van der Waals surface area contributed by atoms with Gasteiger partial charge in [0.1, 0.15) is 23.3 Å². The van der Waals surface area contributed by atoms with Crippen LogP contribution in [0, 0.1) is 5.82 Å². The highest BCUT2D eigenvalue weighted by Gasteiger charge is 2.19. The maximum atomic E-state index is 13.1. The fourth-order valence-corrected chi connectivity index (χ4v) is 2.56. The Morgan fingerprint density at radius 1 is 1.37 bits per heavy atom. The van der Waals surface area contributed by atoms with E-state index < -0.39 is 6.10 Å². The first-order chi connectivity index (χ1) is 9.22. The Morgan fingerprint density at radius 3 is 3.05 bits per heavy atom. The van der Waals surface area contributed by atoms with Gasteiger partial charge < -0.3 is 14.3 Å². The molecule has 1 fully saturated rings. The van der Waals surface area contributed by atoms with E-state index in [9.17, 15) is 9.50 Å². The molecule has 0 spiro atoms. The standard InChI is InChI=1S/C15H17FO3/c16-11-3-6-14-10(8-11)9-15(19-14)13(17)5-4-12-2-1-7-18-12/h3,6,8-9,12-13,17H,1-2,4-5,7H2. The van der Waals surface area contributed by atoms with Crippen LogP contribution in [0.15, 0.2) is 28.7 Å². The Hall–Kier alpha value is -1.39. The highest BCUT2D eigenvalue weighted by atomic mass is 19.1. The number of ether oxygens (including phenoxy) is 1. The number of rotatable bonds is 4. The van der Waals surface area contributed by atoms with Crippen LogP contribution in [0.25, 0.3) is 11.0 Å². The quantitative estimate of drug-likeness (QED) is 0.918. The molecule has 1 aliphatic heterocycles. The van der Waals surface area contributed by atoms with Crippen LogP contribution in [0.5, 0.6) is 0 Å². The van der Waals surface area contributed by atoms with E-state index in [0.29, 0.717) is 23.2 Å². The lowest BCUT2D eigenvalue weighted by Crippen LogP contribution is -2.07. The number of hydrogen-bond acceptors (Lipinski definition) is 3. The molecule has 2 unspecified atom stereocenters. The summed E-state index contributed by atoms with van der Waals surface area (Å²) in [7, 11) is 0. The number of hydrogen-bond donors (Lipinski definition) is 1. The molecule has 0 aliphatic carbocycles. The van der Waals surface area contributed by atoms with E-state index >= 15 is 0 Å². The second kappa shape index (κ2) is 5.31. The van der Waals surface area contributed by atoms with E-state index in [1.807, 2.05) is 0 Å². The first-order valence-corrected chi connectivity index (χ1v) is 6.71. The van der Waals surface area contributed by atoms with Crippen molar-refractivity contribution in [1.29, 1.82) is 0 Å². The summed E-state index contributed by atoms with van der Waals surface area (Å²) in [6, 6.07) is 6.06. The summed E-state index contributed by atoms with van der Waals surface area (Å²) in [6.45, 7) is 0.824. The molecule has 1 aromatic heterocycles. The summed E-state index contributed by atoms with van der Waals surface area (Å²) in [5, 5.41) is 10.8. The van der Waals surface area contributed by atoms with E-state index in [1.54, 1.807) is 12.1 Å². The van der Waals surface area contributed by atoms with Crippen molar-refractivity contribution in [3.05, 3.63) is 35.8 Å². The second-order valence-corrected chi connectivity index (χ2v) is 5.06. The molecule has 2 atom stereocenters. The Morgan fingerprint density at radius 2 is 2.26 bits per heavy atom. The number of aliphatic hydroxyl groups is 1. The van der Waals surface area contributed by atoms with Gasteiger partial charge >= 0.3 is 0 Å². The zero-order valence-electron chi connectivity index (χ0n) is 10.6. The lowest BCUT2D eigenvalue weighted by molar-refractivity contribution is 0.0755. The van der Waals surface area contributed by atoms with Crippen LogP contribution in [0.4, 0.5) is 4.39 Å². The smallest absolute Gasteiger partial charge is 0.134 e. The van der Waals surface area contributed by atoms with Gasteiger partial charge in [-0.3, -0.25) is 0 Å². The van der Waals surface area contributed by atoms with Crippen molar-refractivity contribution < 1.29 is 18.7 Å². The maximum absolute atomic E-state index is 13.1. The van der Waals surface area contributed by atoms with E-state index in [0.717, 1.165) is 25.9 Å². The third-order valence-corrected chi connectivity index (χ3v) is 3.61. The molecule has 102 valence electrons. The first-order valence-electron chi connectivity index (χ1n) is 6.71.